The predicted octanol–water partition coefficient (Wildman–Crippen LogP) is 2.40. The Hall–Kier alpha value is -1.76. The van der Waals surface area contributed by atoms with Crippen molar-refractivity contribution in [2.75, 3.05) is 27.3 Å². The number of methoxy groups -OCH3 is 2. The van der Waals surface area contributed by atoms with Crippen LogP contribution in [0.2, 0.25) is 0 Å². The lowest BCUT2D eigenvalue weighted by molar-refractivity contribution is -0.147. The molecular weight excluding hydrogens is 354 g/mol. The van der Waals surface area contributed by atoms with Gasteiger partial charge in [0, 0.05) is 18.7 Å². The van der Waals surface area contributed by atoms with E-state index < -0.39 is 11.4 Å². The number of carbonyl (C=O) groups is 2. The molecule has 0 bridgehead atoms. The Kier molecular flexibility index (Phi) is 4.65. The van der Waals surface area contributed by atoms with Crippen LogP contribution in [0.5, 0.6) is 11.5 Å². The van der Waals surface area contributed by atoms with Crippen molar-refractivity contribution in [1.29, 1.82) is 0 Å². The molecule has 1 heterocycles. The molecule has 0 aliphatic carbocycles. The van der Waals surface area contributed by atoms with Crippen LogP contribution < -0.4 is 9.47 Å². The molecule has 2 rings (SSSR count). The van der Waals surface area contributed by atoms with E-state index in [0.717, 1.165) is 0 Å². The van der Waals surface area contributed by atoms with E-state index in [4.69, 9.17) is 9.47 Å². The molecule has 1 aromatic rings. The molecule has 1 N–H and O–H groups in total. The van der Waals surface area contributed by atoms with E-state index >= 15 is 0 Å². The first kappa shape index (κ1) is 16.6. The maximum absolute atomic E-state index is 12.6. The van der Waals surface area contributed by atoms with E-state index in [-0.39, 0.29) is 12.5 Å². The van der Waals surface area contributed by atoms with Gasteiger partial charge in [0.2, 0.25) is 0 Å². The predicted molar refractivity (Wildman–Crippen MR) is 83.5 cm³/mol. The van der Waals surface area contributed by atoms with Gasteiger partial charge in [0.25, 0.3) is 5.91 Å². The molecule has 1 aliphatic heterocycles. The van der Waals surface area contributed by atoms with Gasteiger partial charge >= 0.3 is 5.97 Å². The minimum absolute atomic E-state index is 0.202. The monoisotopic (exact) mass is 371 g/mol. The number of benzene rings is 1. The van der Waals surface area contributed by atoms with E-state index in [2.05, 4.69) is 15.9 Å². The first-order valence-corrected chi connectivity index (χ1v) is 7.56. The van der Waals surface area contributed by atoms with Crippen molar-refractivity contribution in [2.24, 2.45) is 5.41 Å². The Labute approximate surface area is 137 Å². The van der Waals surface area contributed by atoms with Gasteiger partial charge in [-0.05, 0) is 41.4 Å². The van der Waals surface area contributed by atoms with E-state index in [1.165, 1.54) is 14.2 Å². The molecule has 1 unspecified atom stereocenters. The Morgan fingerprint density at radius 2 is 2.00 bits per heavy atom. The Balaban J connectivity index is 2.28. The number of rotatable bonds is 4. The highest BCUT2D eigenvalue weighted by Crippen LogP contribution is 2.37. The van der Waals surface area contributed by atoms with E-state index in [1.54, 1.807) is 24.0 Å². The Morgan fingerprint density at radius 3 is 2.50 bits per heavy atom. The average molecular weight is 372 g/mol. The maximum Gasteiger partial charge on any atom is 0.311 e. The van der Waals surface area contributed by atoms with E-state index in [1.807, 2.05) is 0 Å². The smallest absolute Gasteiger partial charge is 0.311 e. The summed E-state index contributed by atoms with van der Waals surface area (Å²) in [5.41, 5.74) is -0.456. The molecule has 6 nitrogen and oxygen atoms in total. The first-order chi connectivity index (χ1) is 10.3. The number of aliphatic carboxylic acids is 1. The number of ether oxygens (including phenoxy) is 2. The zero-order chi connectivity index (χ0) is 16.5. The average Bonchev–Trinajstić information content (AvgIpc) is 2.89. The third-order valence-corrected chi connectivity index (χ3v) is 4.55. The van der Waals surface area contributed by atoms with Gasteiger partial charge in [-0.1, -0.05) is 0 Å². The second-order valence-corrected chi connectivity index (χ2v) is 6.39. The molecule has 1 amide bonds. The number of likely N-dealkylation sites (tertiary alicyclic amines) is 1. The quantitative estimate of drug-likeness (QED) is 0.879. The normalized spacial score (nSPS) is 20.8. The minimum atomic E-state index is -0.885. The molecule has 0 radical (unpaired) electrons. The van der Waals surface area contributed by atoms with Crippen LogP contribution in [-0.2, 0) is 4.79 Å². The van der Waals surface area contributed by atoms with Crippen molar-refractivity contribution >= 4 is 27.8 Å². The summed E-state index contributed by atoms with van der Waals surface area (Å²) in [5.74, 6) is -0.140. The maximum atomic E-state index is 12.6. The summed E-state index contributed by atoms with van der Waals surface area (Å²) in [6.07, 6.45) is 0.447. The summed E-state index contributed by atoms with van der Waals surface area (Å²) in [4.78, 5) is 25.4. The minimum Gasteiger partial charge on any atom is -0.493 e. The molecular formula is C15H18BrNO5. The van der Waals surface area contributed by atoms with Crippen LogP contribution in [0.3, 0.4) is 0 Å². The summed E-state index contributed by atoms with van der Waals surface area (Å²) in [6.45, 7) is 2.29. The molecule has 1 aliphatic rings. The van der Waals surface area contributed by atoms with Crippen LogP contribution >= 0.6 is 15.9 Å². The van der Waals surface area contributed by atoms with Crippen LogP contribution in [0.1, 0.15) is 23.7 Å². The van der Waals surface area contributed by atoms with Gasteiger partial charge in [-0.15, -0.1) is 0 Å². The zero-order valence-corrected chi connectivity index (χ0v) is 14.3. The fourth-order valence-corrected chi connectivity index (χ4v) is 3.14. The largest absolute Gasteiger partial charge is 0.493 e. The third-order valence-electron chi connectivity index (χ3n) is 3.96. The second kappa shape index (κ2) is 6.16. The van der Waals surface area contributed by atoms with Crippen LogP contribution in [0, 0.1) is 5.41 Å². The first-order valence-electron chi connectivity index (χ1n) is 6.76. The van der Waals surface area contributed by atoms with Gasteiger partial charge < -0.3 is 19.5 Å². The van der Waals surface area contributed by atoms with Crippen LogP contribution in [0.25, 0.3) is 0 Å². The van der Waals surface area contributed by atoms with Gasteiger partial charge in [0.15, 0.2) is 11.5 Å². The number of nitrogens with zero attached hydrogens (tertiary/aromatic N) is 1. The summed E-state index contributed by atoms with van der Waals surface area (Å²) in [6, 6.07) is 3.25. The van der Waals surface area contributed by atoms with Crippen molar-refractivity contribution in [3.05, 3.63) is 22.2 Å². The summed E-state index contributed by atoms with van der Waals surface area (Å²) < 4.78 is 11.1. The molecule has 120 valence electrons. The van der Waals surface area contributed by atoms with E-state index in [0.29, 0.717) is 34.5 Å². The fourth-order valence-electron chi connectivity index (χ4n) is 2.53. The Morgan fingerprint density at radius 1 is 1.32 bits per heavy atom. The number of carbonyl (C=O) groups excluding carboxylic acids is 1. The molecule has 1 saturated heterocycles. The third kappa shape index (κ3) is 2.90. The van der Waals surface area contributed by atoms with Crippen molar-refractivity contribution < 1.29 is 24.2 Å². The summed E-state index contributed by atoms with van der Waals surface area (Å²) in [7, 11) is 3.01. The molecule has 1 aromatic carbocycles. The van der Waals surface area contributed by atoms with Gasteiger partial charge in [-0.3, -0.25) is 9.59 Å². The topological polar surface area (TPSA) is 76.1 Å². The lowest BCUT2D eigenvalue weighted by Crippen LogP contribution is -2.34. The lowest BCUT2D eigenvalue weighted by atomic mass is 9.90. The molecule has 0 spiro atoms. The van der Waals surface area contributed by atoms with Crippen LogP contribution in [0.15, 0.2) is 16.6 Å². The SMILES string of the molecule is COc1cc(C(=O)N2CCC(C)(C(=O)O)C2)cc(Br)c1OC. The molecule has 7 heteroatoms. The number of hydrogen-bond acceptors (Lipinski definition) is 4. The summed E-state index contributed by atoms with van der Waals surface area (Å²) >= 11 is 3.35. The standard InChI is InChI=1S/C15H18BrNO5/c1-15(14(19)20)4-5-17(8-15)13(18)9-6-10(16)12(22-3)11(7-9)21-2/h6-7H,4-5,8H2,1-3H3,(H,19,20). The molecule has 1 fully saturated rings. The number of hydrogen-bond donors (Lipinski definition) is 1. The molecule has 0 saturated carbocycles. The Bertz CT molecular complexity index is 618. The van der Waals surface area contributed by atoms with Gasteiger partial charge in [0.1, 0.15) is 0 Å². The fraction of sp³-hybridized carbons (Fsp3) is 0.467. The van der Waals surface area contributed by atoms with E-state index in [9.17, 15) is 14.7 Å². The lowest BCUT2D eigenvalue weighted by Gasteiger charge is -2.21. The van der Waals surface area contributed by atoms with Crippen molar-refractivity contribution in [3.63, 3.8) is 0 Å². The number of carboxylic acids is 1. The molecule has 22 heavy (non-hydrogen) atoms. The van der Waals surface area contributed by atoms with Gasteiger partial charge in [-0.25, -0.2) is 0 Å². The van der Waals surface area contributed by atoms with Crippen molar-refractivity contribution in [1.82, 2.24) is 4.90 Å². The van der Waals surface area contributed by atoms with Crippen LogP contribution in [-0.4, -0.2) is 49.2 Å². The van der Waals surface area contributed by atoms with Crippen molar-refractivity contribution in [3.8, 4) is 11.5 Å². The molecule has 0 aromatic heterocycles. The second-order valence-electron chi connectivity index (χ2n) is 5.54. The number of halogens is 1. The highest BCUT2D eigenvalue weighted by molar-refractivity contribution is 9.10. The van der Waals surface area contributed by atoms with Gasteiger partial charge in [-0.2, -0.15) is 0 Å². The van der Waals surface area contributed by atoms with Crippen LogP contribution in [0.4, 0.5) is 0 Å². The highest BCUT2D eigenvalue weighted by Gasteiger charge is 2.42. The molecule has 1 atom stereocenters. The highest BCUT2D eigenvalue weighted by atomic mass is 79.9. The summed E-state index contributed by atoms with van der Waals surface area (Å²) in [5, 5.41) is 9.26. The number of amides is 1. The van der Waals surface area contributed by atoms with Gasteiger partial charge in [0.05, 0.1) is 24.1 Å². The van der Waals surface area contributed by atoms with Crippen molar-refractivity contribution in [2.45, 2.75) is 13.3 Å². The number of carboxylic acid groups (broad SMARTS) is 1. The zero-order valence-electron chi connectivity index (χ0n) is 12.7.